The lowest BCUT2D eigenvalue weighted by molar-refractivity contribution is 0.0825. The summed E-state index contributed by atoms with van der Waals surface area (Å²) in [5.74, 6) is 2.72. The van der Waals surface area contributed by atoms with Crippen LogP contribution in [-0.2, 0) is 17.9 Å². The summed E-state index contributed by atoms with van der Waals surface area (Å²) < 4.78 is 18.8. The van der Waals surface area contributed by atoms with Crippen molar-refractivity contribution in [2.24, 2.45) is 0 Å². The molecule has 0 spiro atoms. The fourth-order valence-electron chi connectivity index (χ4n) is 5.30. The van der Waals surface area contributed by atoms with E-state index in [-0.39, 0.29) is 18.7 Å². The summed E-state index contributed by atoms with van der Waals surface area (Å²) in [7, 11) is 1.63. The Morgan fingerprint density at radius 3 is 2.64 bits per heavy atom. The number of nitrogens with one attached hydrogen (secondary N) is 1. The van der Waals surface area contributed by atoms with Crippen LogP contribution in [0.15, 0.2) is 71.4 Å². The second-order valence-electron chi connectivity index (χ2n) is 10.3. The highest BCUT2D eigenvalue weighted by Crippen LogP contribution is 2.37. The van der Waals surface area contributed by atoms with Crippen LogP contribution < -0.4 is 15.8 Å². The van der Waals surface area contributed by atoms with E-state index in [1.54, 1.807) is 12.0 Å². The molecule has 0 atom stereocenters. The van der Waals surface area contributed by atoms with Gasteiger partial charge in [-0.15, -0.1) is 0 Å². The zero-order valence-electron chi connectivity index (χ0n) is 23.6. The van der Waals surface area contributed by atoms with Crippen LogP contribution in [0.5, 0.6) is 5.75 Å². The van der Waals surface area contributed by atoms with Gasteiger partial charge in [-0.1, -0.05) is 36.4 Å². The minimum Gasteiger partial charge on any atom is -0.495 e. The summed E-state index contributed by atoms with van der Waals surface area (Å²) in [6, 6.07) is 19.5. The molecule has 3 N–H and O–H groups in total. The predicted molar refractivity (Wildman–Crippen MR) is 159 cm³/mol. The van der Waals surface area contributed by atoms with Gasteiger partial charge in [0.1, 0.15) is 41.7 Å². The number of carbonyl (C=O) groups excluding carboxylic acids is 1. The van der Waals surface area contributed by atoms with Gasteiger partial charge in [0.15, 0.2) is 5.65 Å². The number of ether oxygens (including phenoxy) is 2. The summed E-state index contributed by atoms with van der Waals surface area (Å²) in [6.07, 6.45) is 2.57. The van der Waals surface area contributed by atoms with Gasteiger partial charge < -0.3 is 29.8 Å². The zero-order chi connectivity index (χ0) is 29.1. The second kappa shape index (κ2) is 11.8. The number of piperidine rings is 1. The molecule has 1 fully saturated rings. The molecule has 1 saturated heterocycles. The largest absolute Gasteiger partial charge is 0.495 e. The van der Waals surface area contributed by atoms with Gasteiger partial charge in [-0.05, 0) is 49.6 Å². The minimum absolute atomic E-state index is 0.0355. The molecule has 42 heavy (non-hydrogen) atoms. The number of aromatic nitrogens is 4. The molecule has 4 heterocycles. The molecule has 0 saturated carbocycles. The fourth-order valence-corrected chi connectivity index (χ4v) is 5.30. The van der Waals surface area contributed by atoms with Gasteiger partial charge in [0.25, 0.3) is 0 Å². The first-order valence-electron chi connectivity index (χ1n) is 13.9. The van der Waals surface area contributed by atoms with E-state index in [0.29, 0.717) is 60.8 Å². The van der Waals surface area contributed by atoms with Gasteiger partial charge in [-0.2, -0.15) is 5.10 Å². The van der Waals surface area contributed by atoms with E-state index in [0.717, 1.165) is 28.3 Å². The first kappa shape index (κ1) is 27.1. The Morgan fingerprint density at radius 2 is 1.90 bits per heavy atom. The Morgan fingerprint density at radius 1 is 1.10 bits per heavy atom. The summed E-state index contributed by atoms with van der Waals surface area (Å²) in [4.78, 5) is 23.2. The van der Waals surface area contributed by atoms with Gasteiger partial charge in [-0.3, -0.25) is 0 Å². The third-order valence-corrected chi connectivity index (χ3v) is 7.52. The molecule has 0 aliphatic carbocycles. The van der Waals surface area contributed by atoms with Gasteiger partial charge in [-0.25, -0.2) is 19.4 Å². The van der Waals surface area contributed by atoms with Crippen molar-refractivity contribution >= 4 is 28.6 Å². The van der Waals surface area contributed by atoms with Crippen molar-refractivity contribution < 1.29 is 18.7 Å². The third-order valence-electron chi connectivity index (χ3n) is 7.52. The van der Waals surface area contributed by atoms with Crippen LogP contribution in [0.2, 0.25) is 0 Å². The quantitative estimate of drug-likeness (QED) is 0.247. The molecule has 1 aliphatic heterocycles. The number of likely N-dealkylation sites (tertiary alicyclic amines) is 1. The minimum atomic E-state index is -0.308. The van der Waals surface area contributed by atoms with Crippen LogP contribution in [0.4, 0.5) is 16.3 Å². The number of nitrogens with two attached hydrogens (primary N) is 1. The topological polar surface area (TPSA) is 134 Å². The van der Waals surface area contributed by atoms with E-state index >= 15 is 0 Å². The number of hydrogen-bond donors (Lipinski definition) is 2. The van der Waals surface area contributed by atoms with Gasteiger partial charge in [0, 0.05) is 18.7 Å². The standard InChI is InChI=1S/C31H33N7O4/c1-20-8-10-24(42-20)17-33-25-11-9-22(16-26(25)40-2)28-27-29(32)34-19-35-30(27)38(36-28)23-12-14-37(15-13-23)31(39)41-18-21-6-4-3-5-7-21/h3-11,16,19,23,33H,12-15,17-18H2,1-2H3,(H2,32,34,35). The number of hydrogen-bond acceptors (Lipinski definition) is 9. The first-order valence-corrected chi connectivity index (χ1v) is 13.9. The number of carbonyl (C=O) groups is 1. The molecule has 0 unspecified atom stereocenters. The average molecular weight is 568 g/mol. The van der Waals surface area contributed by atoms with Crippen LogP contribution in [0.3, 0.4) is 0 Å². The van der Waals surface area contributed by atoms with E-state index in [2.05, 4.69) is 15.3 Å². The number of nitrogens with zero attached hydrogens (tertiary/aromatic N) is 5. The molecule has 11 nitrogen and oxygen atoms in total. The number of benzene rings is 2. The molecule has 0 bridgehead atoms. The fraction of sp³-hybridized carbons (Fsp3) is 0.290. The number of methoxy groups -OCH3 is 1. The first-order chi connectivity index (χ1) is 20.5. The number of amides is 1. The SMILES string of the molecule is COc1cc(-c2nn(C3CCN(C(=O)OCc4ccccc4)CC3)c3ncnc(N)c23)ccc1NCc1ccc(C)o1. The second-order valence-corrected chi connectivity index (χ2v) is 10.3. The van der Waals surface area contributed by atoms with Crippen LogP contribution in [0, 0.1) is 6.92 Å². The van der Waals surface area contributed by atoms with Gasteiger partial charge >= 0.3 is 6.09 Å². The van der Waals surface area contributed by atoms with Crippen molar-refractivity contribution in [1.29, 1.82) is 0 Å². The Kier molecular flexibility index (Phi) is 7.63. The third kappa shape index (κ3) is 5.58. The molecule has 1 amide bonds. The molecule has 2 aromatic carbocycles. The summed E-state index contributed by atoms with van der Waals surface area (Å²) in [5, 5.41) is 9.06. The normalized spacial score (nSPS) is 13.8. The number of anilines is 2. The monoisotopic (exact) mass is 567 g/mol. The lowest BCUT2D eigenvalue weighted by atomic mass is 10.1. The molecule has 0 radical (unpaired) electrons. The summed E-state index contributed by atoms with van der Waals surface area (Å²) >= 11 is 0. The van der Waals surface area contributed by atoms with Gasteiger partial charge in [0.2, 0.25) is 0 Å². The Bertz CT molecular complexity index is 1690. The highest BCUT2D eigenvalue weighted by atomic mass is 16.6. The van der Waals surface area contributed by atoms with E-state index in [1.165, 1.54) is 6.33 Å². The highest BCUT2D eigenvalue weighted by Gasteiger charge is 2.28. The summed E-state index contributed by atoms with van der Waals surface area (Å²) in [6.45, 7) is 3.81. The van der Waals surface area contributed by atoms with Crippen molar-refractivity contribution in [3.8, 4) is 17.0 Å². The van der Waals surface area contributed by atoms with Crippen molar-refractivity contribution in [1.82, 2.24) is 24.6 Å². The number of fused-ring (bicyclic) bond motifs is 1. The molecule has 11 heteroatoms. The lowest BCUT2D eigenvalue weighted by Crippen LogP contribution is -2.39. The predicted octanol–water partition coefficient (Wildman–Crippen LogP) is 5.57. The smallest absolute Gasteiger partial charge is 0.410 e. The summed E-state index contributed by atoms with van der Waals surface area (Å²) in [5.41, 5.74) is 10.3. The molecule has 5 aromatic rings. The van der Waals surface area contributed by atoms with Crippen molar-refractivity contribution in [3.05, 3.63) is 84.1 Å². The lowest BCUT2D eigenvalue weighted by Gasteiger charge is -2.31. The van der Waals surface area contributed by atoms with Crippen molar-refractivity contribution in [2.45, 2.75) is 39.0 Å². The molecule has 216 valence electrons. The van der Waals surface area contributed by atoms with Crippen LogP contribution >= 0.6 is 0 Å². The number of nitrogen functional groups attached to an aromatic ring is 1. The molecule has 1 aliphatic rings. The average Bonchev–Trinajstić information content (AvgIpc) is 3.63. The van der Waals surface area contributed by atoms with Crippen molar-refractivity contribution in [2.75, 3.05) is 31.2 Å². The van der Waals surface area contributed by atoms with E-state index in [9.17, 15) is 4.79 Å². The molecular weight excluding hydrogens is 534 g/mol. The number of furan rings is 1. The maximum atomic E-state index is 12.7. The highest BCUT2D eigenvalue weighted by molar-refractivity contribution is 5.98. The Labute approximate surface area is 243 Å². The van der Waals surface area contributed by atoms with E-state index in [1.807, 2.05) is 72.3 Å². The van der Waals surface area contributed by atoms with Crippen LogP contribution in [0.1, 0.15) is 36.0 Å². The maximum Gasteiger partial charge on any atom is 0.410 e. The van der Waals surface area contributed by atoms with E-state index < -0.39 is 0 Å². The van der Waals surface area contributed by atoms with Crippen LogP contribution in [0.25, 0.3) is 22.3 Å². The maximum absolute atomic E-state index is 12.7. The van der Waals surface area contributed by atoms with Crippen molar-refractivity contribution in [3.63, 3.8) is 0 Å². The Hall–Kier alpha value is -5.06. The molecular formula is C31H33N7O4. The van der Waals surface area contributed by atoms with E-state index in [4.69, 9.17) is 24.7 Å². The van der Waals surface area contributed by atoms with Crippen LogP contribution in [-0.4, -0.2) is 50.9 Å². The molecule has 6 rings (SSSR count). The number of aryl methyl sites for hydroxylation is 1. The molecule has 3 aromatic heterocycles. The number of rotatable bonds is 8. The van der Waals surface area contributed by atoms with Gasteiger partial charge in [0.05, 0.1) is 30.8 Å². The Balaban J connectivity index is 1.20. The zero-order valence-corrected chi connectivity index (χ0v) is 23.6.